The summed E-state index contributed by atoms with van der Waals surface area (Å²) in [5.74, 6) is 1.79. The van der Waals surface area contributed by atoms with E-state index >= 15 is 0 Å². The summed E-state index contributed by atoms with van der Waals surface area (Å²) < 4.78 is 37.6. The molecule has 1 aromatic carbocycles. The number of hydrogen-bond donors (Lipinski definition) is 2. The Morgan fingerprint density at radius 1 is 1.00 bits per heavy atom. The van der Waals surface area contributed by atoms with Crippen LogP contribution in [0.15, 0.2) is 58.3 Å². The second-order valence-electron chi connectivity index (χ2n) is 5.16. The molecule has 2 N–H and O–H groups in total. The van der Waals surface area contributed by atoms with Crippen LogP contribution < -0.4 is 19.5 Å². The summed E-state index contributed by atoms with van der Waals surface area (Å²) in [7, 11) is -0.445. The maximum atomic E-state index is 12.2. The highest BCUT2D eigenvalue weighted by Gasteiger charge is 2.15. The molecule has 0 unspecified atom stereocenters. The Morgan fingerprint density at radius 3 is 2.38 bits per heavy atom. The number of hydrogen-bond acceptors (Lipinski definition) is 7. The molecule has 0 bridgehead atoms. The van der Waals surface area contributed by atoms with Crippen LogP contribution in [0.4, 0.5) is 17.2 Å². The van der Waals surface area contributed by atoms with E-state index in [4.69, 9.17) is 9.47 Å². The van der Waals surface area contributed by atoms with Gasteiger partial charge in [0, 0.05) is 11.8 Å². The number of thiophene rings is 1. The number of nitrogens with one attached hydrogen (secondary N) is 2. The summed E-state index contributed by atoms with van der Waals surface area (Å²) in [4.78, 5) is 4.23. The summed E-state index contributed by atoms with van der Waals surface area (Å²) in [5.41, 5.74) is 1.15. The molecule has 0 amide bonds. The highest BCUT2D eigenvalue weighted by atomic mass is 32.2. The fraction of sp³-hybridized carbons (Fsp3) is 0.118. The van der Waals surface area contributed by atoms with Gasteiger partial charge in [0.1, 0.15) is 10.0 Å². The number of aromatic nitrogens is 1. The zero-order valence-corrected chi connectivity index (χ0v) is 15.7. The summed E-state index contributed by atoms with van der Waals surface area (Å²) in [6, 6.07) is 12.0. The van der Waals surface area contributed by atoms with Crippen LogP contribution >= 0.6 is 11.3 Å². The molecule has 7 nitrogen and oxygen atoms in total. The first-order valence-electron chi connectivity index (χ1n) is 7.53. The van der Waals surface area contributed by atoms with Crippen LogP contribution in [0.1, 0.15) is 0 Å². The van der Waals surface area contributed by atoms with Gasteiger partial charge < -0.3 is 14.8 Å². The fourth-order valence-corrected chi connectivity index (χ4v) is 4.25. The number of rotatable bonds is 7. The maximum Gasteiger partial charge on any atom is 0.271 e. The van der Waals surface area contributed by atoms with Gasteiger partial charge in [0.05, 0.1) is 26.1 Å². The van der Waals surface area contributed by atoms with Crippen molar-refractivity contribution >= 4 is 38.6 Å². The molecule has 0 aliphatic rings. The number of nitrogens with zero attached hydrogens (tertiary/aromatic N) is 1. The Balaban J connectivity index is 1.72. The molecule has 0 aliphatic carbocycles. The van der Waals surface area contributed by atoms with Crippen molar-refractivity contribution in [1.82, 2.24) is 4.98 Å². The first-order chi connectivity index (χ1) is 12.5. The van der Waals surface area contributed by atoms with E-state index in [1.165, 1.54) is 6.20 Å². The first kappa shape index (κ1) is 18.0. The zero-order valence-electron chi connectivity index (χ0n) is 14.1. The number of pyridine rings is 1. The second-order valence-corrected chi connectivity index (χ2v) is 8.02. The SMILES string of the molecule is COc1ccc(Nc2ccc(NS(=O)(=O)c3cccs3)cn2)cc1OC. The molecule has 0 atom stereocenters. The van der Waals surface area contributed by atoms with E-state index in [-0.39, 0.29) is 4.21 Å². The molecule has 3 aromatic rings. The van der Waals surface area contributed by atoms with Crippen molar-refractivity contribution in [3.63, 3.8) is 0 Å². The van der Waals surface area contributed by atoms with Gasteiger partial charge in [-0.1, -0.05) is 6.07 Å². The molecule has 9 heteroatoms. The third-order valence-electron chi connectivity index (χ3n) is 3.43. The van der Waals surface area contributed by atoms with E-state index in [0.29, 0.717) is 23.0 Å². The Bertz CT molecular complexity index is 972. The standard InChI is InChI=1S/C17H17N3O4S2/c1-23-14-7-5-12(10-15(14)24-2)19-16-8-6-13(11-18-16)20-26(21,22)17-4-3-9-25-17/h3-11,20H,1-2H3,(H,18,19). The minimum absolute atomic E-state index is 0.255. The fourth-order valence-electron chi connectivity index (χ4n) is 2.21. The van der Waals surface area contributed by atoms with Gasteiger partial charge in [0.15, 0.2) is 11.5 Å². The number of benzene rings is 1. The zero-order chi connectivity index (χ0) is 18.6. The Labute approximate surface area is 155 Å². The lowest BCUT2D eigenvalue weighted by Crippen LogP contribution is -2.11. The van der Waals surface area contributed by atoms with Crippen molar-refractivity contribution in [2.24, 2.45) is 0 Å². The van der Waals surface area contributed by atoms with Gasteiger partial charge >= 0.3 is 0 Å². The molecule has 0 radical (unpaired) electrons. The van der Waals surface area contributed by atoms with Gasteiger partial charge in [-0.15, -0.1) is 11.3 Å². The molecule has 136 valence electrons. The molecule has 0 spiro atoms. The molecular formula is C17H17N3O4S2. The third-order valence-corrected chi connectivity index (χ3v) is 6.21. The van der Waals surface area contributed by atoms with Crippen molar-refractivity contribution in [3.8, 4) is 11.5 Å². The molecule has 0 aliphatic heterocycles. The first-order valence-corrected chi connectivity index (χ1v) is 9.89. The molecule has 2 aromatic heterocycles. The minimum Gasteiger partial charge on any atom is -0.493 e. The molecule has 3 rings (SSSR count). The van der Waals surface area contributed by atoms with E-state index in [9.17, 15) is 8.42 Å². The highest BCUT2D eigenvalue weighted by Crippen LogP contribution is 2.31. The van der Waals surface area contributed by atoms with E-state index in [0.717, 1.165) is 17.0 Å². The average Bonchev–Trinajstić information content (AvgIpc) is 3.19. The predicted molar refractivity (Wildman–Crippen MR) is 102 cm³/mol. The Morgan fingerprint density at radius 2 is 1.77 bits per heavy atom. The number of anilines is 3. The molecule has 0 saturated heterocycles. The largest absolute Gasteiger partial charge is 0.493 e. The van der Waals surface area contributed by atoms with Crippen molar-refractivity contribution < 1.29 is 17.9 Å². The van der Waals surface area contributed by atoms with Crippen LogP contribution in [0.25, 0.3) is 0 Å². The topological polar surface area (TPSA) is 89.6 Å². The van der Waals surface area contributed by atoms with Crippen molar-refractivity contribution in [2.75, 3.05) is 24.3 Å². The van der Waals surface area contributed by atoms with E-state index in [1.54, 1.807) is 56.0 Å². The molecule has 26 heavy (non-hydrogen) atoms. The van der Waals surface area contributed by atoms with Crippen LogP contribution in [-0.4, -0.2) is 27.6 Å². The van der Waals surface area contributed by atoms with Gasteiger partial charge in [-0.3, -0.25) is 4.72 Å². The number of ether oxygens (including phenoxy) is 2. The summed E-state index contributed by atoms with van der Waals surface area (Å²) >= 11 is 1.16. The van der Waals surface area contributed by atoms with Crippen LogP contribution in [0.2, 0.25) is 0 Å². The van der Waals surface area contributed by atoms with Crippen molar-refractivity contribution in [2.45, 2.75) is 4.21 Å². The van der Waals surface area contributed by atoms with E-state index < -0.39 is 10.0 Å². The summed E-state index contributed by atoms with van der Waals surface area (Å²) in [5, 5.41) is 4.84. The van der Waals surface area contributed by atoms with Gasteiger partial charge in [-0.2, -0.15) is 0 Å². The van der Waals surface area contributed by atoms with Crippen LogP contribution in [0, 0.1) is 0 Å². The van der Waals surface area contributed by atoms with Gasteiger partial charge in [-0.25, -0.2) is 13.4 Å². The van der Waals surface area contributed by atoms with Crippen molar-refractivity contribution in [1.29, 1.82) is 0 Å². The van der Waals surface area contributed by atoms with Gasteiger partial charge in [-0.05, 0) is 35.7 Å². The lowest BCUT2D eigenvalue weighted by molar-refractivity contribution is 0.355. The van der Waals surface area contributed by atoms with Crippen LogP contribution in [0.5, 0.6) is 11.5 Å². The van der Waals surface area contributed by atoms with E-state index in [1.807, 2.05) is 6.07 Å². The second kappa shape index (κ2) is 7.63. The minimum atomic E-state index is -3.58. The third kappa shape index (κ3) is 4.06. The quantitative estimate of drug-likeness (QED) is 0.638. The monoisotopic (exact) mass is 391 g/mol. The van der Waals surface area contributed by atoms with Crippen molar-refractivity contribution in [3.05, 3.63) is 54.0 Å². The van der Waals surface area contributed by atoms with E-state index in [2.05, 4.69) is 15.0 Å². The van der Waals surface area contributed by atoms with Crippen LogP contribution in [-0.2, 0) is 10.0 Å². The van der Waals surface area contributed by atoms with Gasteiger partial charge in [0.2, 0.25) is 0 Å². The molecule has 0 fully saturated rings. The summed E-state index contributed by atoms with van der Waals surface area (Å²) in [6.45, 7) is 0. The Hall–Kier alpha value is -2.78. The lowest BCUT2D eigenvalue weighted by atomic mass is 10.2. The molecular weight excluding hydrogens is 374 g/mol. The number of methoxy groups -OCH3 is 2. The predicted octanol–water partition coefficient (Wildman–Crippen LogP) is 3.70. The molecule has 0 saturated carbocycles. The lowest BCUT2D eigenvalue weighted by Gasteiger charge is -2.11. The highest BCUT2D eigenvalue weighted by molar-refractivity contribution is 7.94. The molecule has 2 heterocycles. The normalized spacial score (nSPS) is 11.0. The van der Waals surface area contributed by atoms with Crippen LogP contribution in [0.3, 0.4) is 0 Å². The Kier molecular flexibility index (Phi) is 5.29. The smallest absolute Gasteiger partial charge is 0.271 e. The summed E-state index contributed by atoms with van der Waals surface area (Å²) in [6.07, 6.45) is 1.45. The number of sulfonamides is 1. The average molecular weight is 391 g/mol. The van der Waals surface area contributed by atoms with Gasteiger partial charge in [0.25, 0.3) is 10.0 Å². The maximum absolute atomic E-state index is 12.2.